The van der Waals surface area contributed by atoms with Gasteiger partial charge in [0.2, 0.25) is 5.91 Å². The number of nitrogens with zero attached hydrogens (tertiary/aromatic N) is 2. The summed E-state index contributed by atoms with van der Waals surface area (Å²) >= 11 is 8.70. The average molecular weight is 432 g/mol. The number of carbonyl (C=O) groups is 2. The van der Waals surface area contributed by atoms with Gasteiger partial charge in [0.1, 0.15) is 6.04 Å². The van der Waals surface area contributed by atoms with Gasteiger partial charge in [0.15, 0.2) is 5.13 Å². The van der Waals surface area contributed by atoms with Gasteiger partial charge in [-0.2, -0.15) is 0 Å². The zero-order valence-corrected chi connectivity index (χ0v) is 17.3. The molecule has 2 amide bonds. The third-order valence-corrected chi connectivity index (χ3v) is 6.54. The number of hydrogen-bond acceptors (Lipinski definition) is 5. The molecule has 28 heavy (non-hydrogen) atoms. The number of anilines is 1. The summed E-state index contributed by atoms with van der Waals surface area (Å²) in [5.74, 6) is -0.252. The molecule has 0 saturated carbocycles. The van der Waals surface area contributed by atoms with Crippen LogP contribution in [0.5, 0.6) is 0 Å². The van der Waals surface area contributed by atoms with E-state index in [9.17, 15) is 9.59 Å². The van der Waals surface area contributed by atoms with Gasteiger partial charge in [-0.1, -0.05) is 29.8 Å². The topological polar surface area (TPSA) is 62.3 Å². The lowest BCUT2D eigenvalue weighted by atomic mass is 10.0. The van der Waals surface area contributed by atoms with Crippen LogP contribution in [0, 0.1) is 0 Å². The molecule has 1 aromatic carbocycles. The molecule has 1 saturated heterocycles. The molecular formula is C20H18ClN3O2S2. The van der Waals surface area contributed by atoms with Gasteiger partial charge in [-0.15, -0.1) is 22.7 Å². The number of carbonyl (C=O) groups excluding carboxylic acids is 2. The second-order valence-electron chi connectivity index (χ2n) is 6.52. The Balaban J connectivity index is 1.47. The number of benzene rings is 1. The summed E-state index contributed by atoms with van der Waals surface area (Å²) in [6, 6.07) is 10.6. The van der Waals surface area contributed by atoms with Crippen molar-refractivity contribution in [3.63, 3.8) is 0 Å². The lowest BCUT2D eigenvalue weighted by Crippen LogP contribution is -2.49. The first kappa shape index (κ1) is 19.1. The zero-order chi connectivity index (χ0) is 19.5. The highest BCUT2D eigenvalue weighted by molar-refractivity contribution is 7.14. The first-order chi connectivity index (χ1) is 13.6. The third kappa shape index (κ3) is 4.11. The van der Waals surface area contributed by atoms with Crippen LogP contribution in [-0.2, 0) is 4.79 Å². The van der Waals surface area contributed by atoms with Crippen LogP contribution in [0.3, 0.4) is 0 Å². The van der Waals surface area contributed by atoms with Crippen LogP contribution in [-0.4, -0.2) is 34.3 Å². The highest BCUT2D eigenvalue weighted by Crippen LogP contribution is 2.27. The van der Waals surface area contributed by atoms with Crippen molar-refractivity contribution in [1.82, 2.24) is 9.88 Å². The molecule has 144 valence electrons. The maximum atomic E-state index is 12.9. The lowest BCUT2D eigenvalue weighted by Gasteiger charge is -2.34. The Kier molecular flexibility index (Phi) is 5.75. The van der Waals surface area contributed by atoms with Crippen molar-refractivity contribution in [3.05, 3.63) is 57.1 Å². The van der Waals surface area contributed by atoms with Gasteiger partial charge in [0, 0.05) is 22.5 Å². The predicted octanol–water partition coefficient (Wildman–Crippen LogP) is 5.16. The van der Waals surface area contributed by atoms with Crippen molar-refractivity contribution in [2.45, 2.75) is 25.3 Å². The molecule has 1 aliphatic rings. The molecule has 0 radical (unpaired) electrons. The Bertz CT molecular complexity index is 970. The Morgan fingerprint density at radius 3 is 2.71 bits per heavy atom. The van der Waals surface area contributed by atoms with E-state index in [0.717, 1.165) is 24.1 Å². The fourth-order valence-corrected chi connectivity index (χ4v) is 4.79. The van der Waals surface area contributed by atoms with Gasteiger partial charge in [0.25, 0.3) is 5.91 Å². The smallest absolute Gasteiger partial charge is 0.264 e. The molecular weight excluding hydrogens is 414 g/mol. The first-order valence-corrected chi connectivity index (χ1v) is 11.1. The Morgan fingerprint density at radius 2 is 1.96 bits per heavy atom. The average Bonchev–Trinajstić information content (AvgIpc) is 3.40. The van der Waals surface area contributed by atoms with Gasteiger partial charge in [-0.25, -0.2) is 4.98 Å². The molecule has 1 atom stereocenters. The van der Waals surface area contributed by atoms with Crippen LogP contribution >= 0.6 is 34.3 Å². The molecule has 1 aliphatic heterocycles. The predicted molar refractivity (Wildman–Crippen MR) is 114 cm³/mol. The van der Waals surface area contributed by atoms with Crippen LogP contribution in [0.15, 0.2) is 47.2 Å². The van der Waals surface area contributed by atoms with Gasteiger partial charge in [0.05, 0.1) is 10.6 Å². The monoisotopic (exact) mass is 431 g/mol. The van der Waals surface area contributed by atoms with E-state index < -0.39 is 6.04 Å². The van der Waals surface area contributed by atoms with Crippen molar-refractivity contribution in [1.29, 1.82) is 0 Å². The largest absolute Gasteiger partial charge is 0.326 e. The van der Waals surface area contributed by atoms with E-state index in [4.69, 9.17) is 11.6 Å². The molecule has 4 rings (SSSR count). The Labute approximate surface area is 176 Å². The molecule has 0 bridgehead atoms. The molecule has 2 aromatic heterocycles. The highest BCUT2D eigenvalue weighted by Gasteiger charge is 2.33. The summed E-state index contributed by atoms with van der Waals surface area (Å²) in [6.07, 6.45) is 2.51. The van der Waals surface area contributed by atoms with Gasteiger partial charge >= 0.3 is 0 Å². The van der Waals surface area contributed by atoms with Gasteiger partial charge < -0.3 is 10.2 Å². The quantitative estimate of drug-likeness (QED) is 0.620. The minimum atomic E-state index is -0.466. The summed E-state index contributed by atoms with van der Waals surface area (Å²) < 4.78 is 0. The summed E-state index contributed by atoms with van der Waals surface area (Å²) in [7, 11) is 0. The van der Waals surface area contributed by atoms with E-state index in [1.165, 1.54) is 22.7 Å². The lowest BCUT2D eigenvalue weighted by molar-refractivity contribution is -0.121. The van der Waals surface area contributed by atoms with Gasteiger partial charge in [-0.05, 0) is 42.8 Å². The molecule has 0 aliphatic carbocycles. The summed E-state index contributed by atoms with van der Waals surface area (Å²) in [4.78, 5) is 32.5. The van der Waals surface area contributed by atoms with E-state index in [1.807, 2.05) is 41.1 Å². The number of amides is 2. The van der Waals surface area contributed by atoms with Crippen molar-refractivity contribution >= 4 is 51.2 Å². The number of aromatic nitrogens is 1. The van der Waals surface area contributed by atoms with E-state index in [1.54, 1.807) is 11.0 Å². The molecule has 8 heteroatoms. The van der Waals surface area contributed by atoms with E-state index in [-0.39, 0.29) is 11.8 Å². The summed E-state index contributed by atoms with van der Waals surface area (Å²) in [5, 5.41) is 7.87. The summed E-state index contributed by atoms with van der Waals surface area (Å²) in [6.45, 7) is 0.600. The maximum Gasteiger partial charge on any atom is 0.264 e. The van der Waals surface area contributed by atoms with Crippen molar-refractivity contribution < 1.29 is 9.59 Å². The van der Waals surface area contributed by atoms with Crippen LogP contribution in [0.2, 0.25) is 5.02 Å². The van der Waals surface area contributed by atoms with Gasteiger partial charge in [-0.3, -0.25) is 9.59 Å². The van der Waals surface area contributed by atoms with Crippen LogP contribution in [0.4, 0.5) is 5.13 Å². The Hall–Kier alpha value is -2.22. The molecule has 3 heterocycles. The SMILES string of the molecule is O=C(Nc1nc(-c2ccc(Cl)cc2)cs1)C1CCCCN1C(=O)c1cccs1. The second kappa shape index (κ2) is 8.43. The van der Waals surface area contributed by atoms with Crippen LogP contribution in [0.25, 0.3) is 11.3 Å². The standard InChI is InChI=1S/C20H18ClN3O2S2/c21-14-8-6-13(7-9-14)15-12-28-20(22-15)23-18(25)16-4-1-2-10-24(16)19(26)17-5-3-11-27-17/h3,5-9,11-12,16H,1-2,4,10H2,(H,22,23,25). The summed E-state index contributed by atoms with van der Waals surface area (Å²) in [5.41, 5.74) is 1.72. The number of likely N-dealkylation sites (tertiary alicyclic amines) is 1. The molecule has 1 unspecified atom stereocenters. The third-order valence-electron chi connectivity index (χ3n) is 4.67. The number of hydrogen-bond donors (Lipinski definition) is 1. The number of thiophene rings is 1. The molecule has 5 nitrogen and oxygen atoms in total. The number of nitrogens with one attached hydrogen (secondary N) is 1. The number of rotatable bonds is 4. The number of piperidine rings is 1. The minimum absolute atomic E-state index is 0.0733. The molecule has 3 aromatic rings. The first-order valence-electron chi connectivity index (χ1n) is 8.98. The Morgan fingerprint density at radius 1 is 1.14 bits per heavy atom. The molecule has 1 N–H and O–H groups in total. The maximum absolute atomic E-state index is 12.9. The minimum Gasteiger partial charge on any atom is -0.326 e. The van der Waals surface area contributed by atoms with E-state index in [2.05, 4.69) is 10.3 Å². The van der Waals surface area contributed by atoms with E-state index in [0.29, 0.717) is 28.0 Å². The van der Waals surface area contributed by atoms with Crippen molar-refractivity contribution in [2.75, 3.05) is 11.9 Å². The number of thiazole rings is 1. The highest BCUT2D eigenvalue weighted by atomic mass is 35.5. The van der Waals surface area contributed by atoms with Crippen molar-refractivity contribution in [2.24, 2.45) is 0 Å². The fraction of sp³-hybridized carbons (Fsp3) is 0.250. The zero-order valence-electron chi connectivity index (χ0n) is 14.9. The van der Waals surface area contributed by atoms with Crippen LogP contribution < -0.4 is 5.32 Å². The fourth-order valence-electron chi connectivity index (χ4n) is 3.26. The normalized spacial score (nSPS) is 16.8. The van der Waals surface area contributed by atoms with Crippen LogP contribution in [0.1, 0.15) is 28.9 Å². The molecule has 1 fully saturated rings. The molecule has 0 spiro atoms. The number of halogens is 1. The second-order valence-corrected chi connectivity index (χ2v) is 8.76. The van der Waals surface area contributed by atoms with Crippen molar-refractivity contribution in [3.8, 4) is 11.3 Å². The van der Waals surface area contributed by atoms with E-state index >= 15 is 0 Å².